The Hall–Kier alpha value is -1.42. The van der Waals surface area contributed by atoms with E-state index in [0.717, 1.165) is 31.2 Å². The molecule has 4 heteroatoms. The van der Waals surface area contributed by atoms with Crippen molar-refractivity contribution in [2.45, 2.75) is 39.0 Å². The van der Waals surface area contributed by atoms with Crippen LogP contribution in [-0.2, 0) is 16.0 Å². The Morgan fingerprint density at radius 2 is 2.11 bits per heavy atom. The summed E-state index contributed by atoms with van der Waals surface area (Å²) < 4.78 is 6.15. The maximum absolute atomic E-state index is 11.2. The second-order valence-corrected chi connectivity index (χ2v) is 5.56. The first-order valence-electron chi connectivity index (χ1n) is 6.79. The van der Waals surface area contributed by atoms with Crippen LogP contribution in [0.2, 0.25) is 0 Å². The molecule has 2 rings (SSSR count). The van der Waals surface area contributed by atoms with Crippen molar-refractivity contribution in [1.29, 1.82) is 0 Å². The van der Waals surface area contributed by atoms with Gasteiger partial charge < -0.3 is 4.74 Å². The van der Waals surface area contributed by atoms with Crippen LogP contribution in [-0.4, -0.2) is 17.6 Å². The van der Waals surface area contributed by atoms with Gasteiger partial charge in [-0.05, 0) is 38.3 Å². The van der Waals surface area contributed by atoms with Gasteiger partial charge in [0, 0.05) is 6.42 Å². The van der Waals surface area contributed by atoms with Crippen molar-refractivity contribution in [2.75, 3.05) is 6.61 Å². The average molecular weight is 277 g/mol. The van der Waals surface area contributed by atoms with Gasteiger partial charge >= 0.3 is 5.97 Å². The molecule has 2 aromatic rings. The van der Waals surface area contributed by atoms with Crippen molar-refractivity contribution in [3.8, 4) is 0 Å². The number of benzene rings is 1. The number of ether oxygens (including phenoxy) is 1. The monoisotopic (exact) mass is 277 g/mol. The molecule has 0 saturated carbocycles. The lowest BCUT2D eigenvalue weighted by Crippen LogP contribution is -2.03. The molecule has 19 heavy (non-hydrogen) atoms. The molecule has 0 radical (unpaired) electrons. The molecule has 0 aliphatic rings. The van der Waals surface area contributed by atoms with Gasteiger partial charge in [-0.1, -0.05) is 18.6 Å². The van der Waals surface area contributed by atoms with Gasteiger partial charge in [-0.2, -0.15) is 0 Å². The Morgan fingerprint density at radius 3 is 2.89 bits per heavy atom. The van der Waals surface area contributed by atoms with E-state index in [1.165, 1.54) is 9.71 Å². The molecule has 0 bridgehead atoms. The van der Waals surface area contributed by atoms with Crippen LogP contribution in [0.15, 0.2) is 24.3 Å². The number of esters is 1. The highest BCUT2D eigenvalue weighted by atomic mass is 32.1. The van der Waals surface area contributed by atoms with Crippen LogP contribution in [0.4, 0.5) is 0 Å². The number of aryl methyl sites for hydroxylation is 1. The Bertz CT molecular complexity index is 503. The molecule has 1 aromatic carbocycles. The van der Waals surface area contributed by atoms with Crippen LogP contribution in [0.1, 0.15) is 37.6 Å². The Balaban J connectivity index is 1.69. The van der Waals surface area contributed by atoms with Crippen LogP contribution < -0.4 is 0 Å². The fourth-order valence-electron chi connectivity index (χ4n) is 1.98. The molecule has 0 spiro atoms. The highest BCUT2D eigenvalue weighted by molar-refractivity contribution is 7.18. The second-order valence-electron chi connectivity index (χ2n) is 4.44. The topological polar surface area (TPSA) is 39.2 Å². The lowest BCUT2D eigenvalue weighted by Gasteiger charge is -2.01. The van der Waals surface area contributed by atoms with Gasteiger partial charge in [-0.3, -0.25) is 4.79 Å². The van der Waals surface area contributed by atoms with Crippen molar-refractivity contribution in [3.05, 3.63) is 29.3 Å². The number of aromatic nitrogens is 1. The van der Waals surface area contributed by atoms with Gasteiger partial charge in [-0.25, -0.2) is 4.98 Å². The number of hydrogen-bond donors (Lipinski definition) is 0. The average Bonchev–Trinajstić information content (AvgIpc) is 2.81. The molecule has 0 saturated heterocycles. The minimum absolute atomic E-state index is 0.0810. The van der Waals surface area contributed by atoms with E-state index >= 15 is 0 Å². The van der Waals surface area contributed by atoms with Gasteiger partial charge in [0.05, 0.1) is 21.8 Å². The fraction of sp³-hybridized carbons (Fsp3) is 0.467. The molecule has 0 fully saturated rings. The van der Waals surface area contributed by atoms with Crippen molar-refractivity contribution in [1.82, 2.24) is 4.98 Å². The number of thiazole rings is 1. The third kappa shape index (κ3) is 4.31. The quantitative estimate of drug-likeness (QED) is 0.568. The summed E-state index contributed by atoms with van der Waals surface area (Å²) in [6, 6.07) is 8.22. The molecule has 0 aliphatic carbocycles. The molecule has 0 amide bonds. The molecule has 3 nitrogen and oxygen atoms in total. The summed E-state index contributed by atoms with van der Waals surface area (Å²) in [5.74, 6) is -0.0810. The van der Waals surface area contributed by atoms with Crippen LogP contribution in [0.3, 0.4) is 0 Å². The maximum Gasteiger partial charge on any atom is 0.305 e. The summed E-state index contributed by atoms with van der Waals surface area (Å²) in [5.41, 5.74) is 1.09. The summed E-state index contributed by atoms with van der Waals surface area (Å²) in [4.78, 5) is 15.8. The summed E-state index contributed by atoms with van der Waals surface area (Å²) in [5, 5.41) is 1.19. The highest BCUT2D eigenvalue weighted by Crippen LogP contribution is 2.22. The number of unbranched alkanes of at least 4 members (excludes halogenated alkanes) is 2. The predicted octanol–water partition coefficient (Wildman–Crippen LogP) is 3.96. The van der Waals surface area contributed by atoms with E-state index in [-0.39, 0.29) is 5.97 Å². The smallest absolute Gasteiger partial charge is 0.305 e. The van der Waals surface area contributed by atoms with E-state index in [0.29, 0.717) is 13.0 Å². The van der Waals surface area contributed by atoms with Crippen molar-refractivity contribution < 1.29 is 9.53 Å². The molecule has 0 aliphatic heterocycles. The van der Waals surface area contributed by atoms with E-state index < -0.39 is 0 Å². The van der Waals surface area contributed by atoms with E-state index in [9.17, 15) is 4.79 Å². The largest absolute Gasteiger partial charge is 0.466 e. The molecule has 0 atom stereocenters. The van der Waals surface area contributed by atoms with Gasteiger partial charge in [0.25, 0.3) is 0 Å². The number of para-hydroxylation sites is 1. The zero-order chi connectivity index (χ0) is 13.5. The van der Waals surface area contributed by atoms with Crippen LogP contribution in [0, 0.1) is 0 Å². The number of fused-ring (bicyclic) bond motifs is 1. The Morgan fingerprint density at radius 1 is 1.26 bits per heavy atom. The number of nitrogens with zero attached hydrogens (tertiary/aromatic N) is 1. The minimum Gasteiger partial charge on any atom is -0.466 e. The van der Waals surface area contributed by atoms with Crippen molar-refractivity contribution >= 4 is 27.5 Å². The standard InChI is InChI=1S/C15H19NO2S/c1-2-18-15(17)11-5-3-4-10-14-16-12-8-6-7-9-13(12)19-14/h6-9H,2-5,10-11H2,1H3. The number of carbonyl (C=O) groups is 1. The summed E-state index contributed by atoms with van der Waals surface area (Å²) in [6.07, 6.45) is 4.58. The first-order chi connectivity index (χ1) is 9.29. The fourth-order valence-corrected chi connectivity index (χ4v) is 2.99. The highest BCUT2D eigenvalue weighted by Gasteiger charge is 2.04. The zero-order valence-electron chi connectivity index (χ0n) is 11.2. The van der Waals surface area contributed by atoms with Gasteiger partial charge in [-0.15, -0.1) is 11.3 Å². The molecular formula is C15H19NO2S. The van der Waals surface area contributed by atoms with Crippen LogP contribution in [0.25, 0.3) is 10.2 Å². The van der Waals surface area contributed by atoms with Gasteiger partial charge in [0.2, 0.25) is 0 Å². The van der Waals surface area contributed by atoms with Crippen LogP contribution >= 0.6 is 11.3 Å². The van der Waals surface area contributed by atoms with E-state index in [1.807, 2.05) is 19.1 Å². The number of hydrogen-bond acceptors (Lipinski definition) is 4. The summed E-state index contributed by atoms with van der Waals surface area (Å²) >= 11 is 1.77. The van der Waals surface area contributed by atoms with E-state index in [1.54, 1.807) is 11.3 Å². The predicted molar refractivity (Wildman–Crippen MR) is 78.4 cm³/mol. The molecule has 0 N–H and O–H groups in total. The summed E-state index contributed by atoms with van der Waals surface area (Å²) in [7, 11) is 0. The molecule has 0 unspecified atom stereocenters. The van der Waals surface area contributed by atoms with Crippen LogP contribution in [0.5, 0.6) is 0 Å². The normalized spacial score (nSPS) is 10.8. The Labute approximate surface area is 117 Å². The Kier molecular flexibility index (Phi) is 5.33. The first-order valence-corrected chi connectivity index (χ1v) is 7.61. The van der Waals surface area contributed by atoms with E-state index in [4.69, 9.17) is 4.74 Å². The molecule has 1 heterocycles. The number of carbonyl (C=O) groups excluding carboxylic acids is 1. The minimum atomic E-state index is -0.0810. The van der Waals surface area contributed by atoms with Crippen molar-refractivity contribution in [3.63, 3.8) is 0 Å². The third-order valence-corrected chi connectivity index (χ3v) is 4.01. The second kappa shape index (κ2) is 7.24. The third-order valence-electron chi connectivity index (χ3n) is 2.92. The first kappa shape index (κ1) is 14.0. The van der Waals surface area contributed by atoms with Crippen molar-refractivity contribution in [2.24, 2.45) is 0 Å². The summed E-state index contributed by atoms with van der Waals surface area (Å²) in [6.45, 7) is 2.32. The lowest BCUT2D eigenvalue weighted by atomic mass is 10.1. The maximum atomic E-state index is 11.2. The lowest BCUT2D eigenvalue weighted by molar-refractivity contribution is -0.143. The van der Waals surface area contributed by atoms with Gasteiger partial charge in [0.15, 0.2) is 0 Å². The molecule has 1 aromatic heterocycles. The van der Waals surface area contributed by atoms with Gasteiger partial charge in [0.1, 0.15) is 0 Å². The SMILES string of the molecule is CCOC(=O)CCCCCc1nc2ccccc2s1. The molecule has 102 valence electrons. The number of rotatable bonds is 7. The molecular weight excluding hydrogens is 258 g/mol. The zero-order valence-corrected chi connectivity index (χ0v) is 12.0. The van der Waals surface area contributed by atoms with E-state index in [2.05, 4.69) is 17.1 Å².